The Hall–Kier alpha value is -2.38. The first-order chi connectivity index (χ1) is 19.0. The molecule has 0 spiro atoms. The van der Waals surface area contributed by atoms with Crippen LogP contribution in [-0.2, 0) is 19.2 Å². The van der Waals surface area contributed by atoms with E-state index in [-0.39, 0.29) is 26.9 Å². The first-order valence-electron chi connectivity index (χ1n) is 14.9. The van der Waals surface area contributed by atoms with Gasteiger partial charge in [0.15, 0.2) is 0 Å². The van der Waals surface area contributed by atoms with Gasteiger partial charge in [0.2, 0.25) is 10.0 Å². The molecule has 0 radical (unpaired) electrons. The lowest BCUT2D eigenvalue weighted by Crippen LogP contribution is -2.52. The monoisotopic (exact) mass is 595 g/mol. The molecule has 0 amide bonds. The van der Waals surface area contributed by atoms with Gasteiger partial charge in [-0.05, 0) is 110 Å². The van der Waals surface area contributed by atoms with Crippen LogP contribution in [0.25, 0.3) is 0 Å². The third-order valence-corrected chi connectivity index (χ3v) is 16.5. The number of hydrogen-bond acceptors (Lipinski definition) is 5. The number of allylic oxidation sites excluding steroid dienone is 3. The molecule has 41 heavy (non-hydrogen) atoms. The fourth-order valence-corrected chi connectivity index (χ4v) is 9.39. The predicted molar refractivity (Wildman–Crippen MR) is 164 cm³/mol. The van der Waals surface area contributed by atoms with Crippen molar-refractivity contribution in [3.63, 3.8) is 0 Å². The van der Waals surface area contributed by atoms with Crippen LogP contribution in [0.2, 0.25) is 18.1 Å². The lowest BCUT2D eigenvalue weighted by molar-refractivity contribution is -0.0719. The molecule has 2 N–H and O–H groups in total. The fourth-order valence-electron chi connectivity index (χ4n) is 7.82. The normalized spacial score (nSPS) is 31.5. The van der Waals surface area contributed by atoms with Gasteiger partial charge < -0.3 is 9.16 Å². The highest BCUT2D eigenvalue weighted by Crippen LogP contribution is 2.67. The molecule has 4 aliphatic rings. The van der Waals surface area contributed by atoms with Crippen molar-refractivity contribution in [1.82, 2.24) is 0 Å². The van der Waals surface area contributed by atoms with Gasteiger partial charge in [-0.1, -0.05) is 45.1 Å². The van der Waals surface area contributed by atoms with Crippen LogP contribution in [0.1, 0.15) is 83.0 Å². The highest BCUT2D eigenvalue weighted by Gasteiger charge is 2.62. The van der Waals surface area contributed by atoms with Crippen LogP contribution in [0, 0.1) is 22.7 Å². The van der Waals surface area contributed by atoms with E-state index in [1.807, 2.05) is 0 Å². The molecule has 1 aromatic rings. The van der Waals surface area contributed by atoms with Crippen molar-refractivity contribution < 1.29 is 22.4 Å². The Morgan fingerprint density at radius 2 is 1.83 bits per heavy atom. The molecule has 0 heterocycles. The van der Waals surface area contributed by atoms with Gasteiger partial charge in [0.25, 0.3) is 8.32 Å². The summed E-state index contributed by atoms with van der Waals surface area (Å²) in [4.78, 5) is 13.1. The molecule has 4 aliphatic carbocycles. The average molecular weight is 596 g/mol. The number of primary sulfonamides is 1. The van der Waals surface area contributed by atoms with Crippen LogP contribution in [0.5, 0.6) is 0 Å². The van der Waals surface area contributed by atoms with E-state index in [1.165, 1.54) is 35.4 Å². The topological polar surface area (TPSA) is 95.7 Å². The molecule has 0 aliphatic heterocycles. The van der Waals surface area contributed by atoms with Crippen LogP contribution < -0.4 is 5.14 Å². The van der Waals surface area contributed by atoms with Crippen LogP contribution in [0.3, 0.4) is 0 Å². The van der Waals surface area contributed by atoms with Crippen LogP contribution in [0.4, 0.5) is 0 Å². The van der Waals surface area contributed by atoms with Gasteiger partial charge in [-0.2, -0.15) is 0 Å². The Bertz CT molecular complexity index is 1460. The lowest BCUT2D eigenvalue weighted by Gasteiger charge is -2.57. The standard InChI is InChI=1S/C33H45NO5SSi/c1-8-33-20-17-23-21-24(39-41(6,7)31(2,3)4)11-14-26(23)27(33)18-19-32(5)28(33)15-16-29(32)38-30(35)22-9-12-25(13-10-22)40(34,36)37/h8-10,12-14,27-29H,1,15-21H2,2-7H3,(H2,34,36,37)/t27?,28?,29-,32-,33?/m0/s1. The Morgan fingerprint density at radius 1 is 1.15 bits per heavy atom. The van der Waals surface area contributed by atoms with Crippen molar-refractivity contribution >= 4 is 24.3 Å². The van der Waals surface area contributed by atoms with Crippen LogP contribution in [-0.4, -0.2) is 28.8 Å². The van der Waals surface area contributed by atoms with Gasteiger partial charge in [0, 0.05) is 11.8 Å². The zero-order valence-corrected chi connectivity index (χ0v) is 27.2. The number of esters is 1. The Kier molecular flexibility index (Phi) is 7.42. The minimum atomic E-state index is -3.82. The van der Waals surface area contributed by atoms with E-state index in [9.17, 15) is 13.2 Å². The number of carbonyl (C=O) groups excluding carboxylic acids is 1. The molecule has 0 saturated heterocycles. The molecule has 3 unspecified atom stereocenters. The molecule has 2 saturated carbocycles. The van der Waals surface area contributed by atoms with Crippen molar-refractivity contribution in [2.45, 2.75) is 102 Å². The maximum Gasteiger partial charge on any atom is 0.338 e. The van der Waals surface area contributed by atoms with E-state index in [1.54, 1.807) is 0 Å². The molecule has 5 rings (SSSR count). The maximum atomic E-state index is 13.1. The van der Waals surface area contributed by atoms with E-state index < -0.39 is 24.3 Å². The summed E-state index contributed by atoms with van der Waals surface area (Å²) in [6.45, 7) is 18.1. The molecular formula is C33H45NO5SSi. The van der Waals surface area contributed by atoms with Crippen LogP contribution in [0.15, 0.2) is 70.5 Å². The van der Waals surface area contributed by atoms with Gasteiger partial charge in [0.1, 0.15) is 11.9 Å². The summed E-state index contributed by atoms with van der Waals surface area (Å²) in [5.74, 6) is 1.33. The largest absolute Gasteiger partial charge is 0.541 e. The number of benzene rings is 1. The summed E-state index contributed by atoms with van der Waals surface area (Å²) in [6, 6.07) is 5.65. The van der Waals surface area contributed by atoms with Gasteiger partial charge in [-0.15, -0.1) is 6.58 Å². The zero-order valence-electron chi connectivity index (χ0n) is 25.4. The van der Waals surface area contributed by atoms with Crippen molar-refractivity contribution in [2.24, 2.45) is 27.8 Å². The predicted octanol–water partition coefficient (Wildman–Crippen LogP) is 7.41. The Labute approximate surface area is 246 Å². The van der Waals surface area contributed by atoms with Gasteiger partial charge in [0.05, 0.1) is 10.5 Å². The van der Waals surface area contributed by atoms with Crippen molar-refractivity contribution in [2.75, 3.05) is 0 Å². The van der Waals surface area contributed by atoms with Crippen LogP contribution >= 0.6 is 0 Å². The molecule has 1 aromatic carbocycles. The highest BCUT2D eigenvalue weighted by atomic mass is 32.2. The second-order valence-electron chi connectivity index (χ2n) is 14.3. The summed E-state index contributed by atoms with van der Waals surface area (Å²) in [5.41, 5.74) is 6.62. The summed E-state index contributed by atoms with van der Waals surface area (Å²) in [7, 11) is -5.74. The van der Waals surface area contributed by atoms with E-state index >= 15 is 0 Å². The SMILES string of the molecule is C=CC12CCC3=C(C=C=C(O[Si](C)(C)C(C)(C)C)C3)C1CC[C@@]1(C)C2CC[C@@H]1OC(=O)c1ccc(S(N)(=O)=O)cc1. The molecule has 6 nitrogen and oxygen atoms in total. The molecule has 222 valence electrons. The number of carbonyl (C=O) groups is 1. The maximum absolute atomic E-state index is 13.1. The number of nitrogens with two attached hydrogens (primary N) is 1. The first-order valence-corrected chi connectivity index (χ1v) is 19.3. The molecule has 5 atom stereocenters. The molecule has 0 bridgehead atoms. The quantitative estimate of drug-likeness (QED) is 0.160. The number of hydrogen-bond donors (Lipinski definition) is 1. The molecule has 8 heteroatoms. The molecule has 0 aromatic heterocycles. The molecular weight excluding hydrogens is 551 g/mol. The van der Waals surface area contributed by atoms with E-state index in [4.69, 9.17) is 14.3 Å². The Balaban J connectivity index is 1.36. The average Bonchev–Trinajstić information content (AvgIpc) is 3.23. The first kappa shape index (κ1) is 30.1. The third kappa shape index (κ3) is 5.11. The van der Waals surface area contributed by atoms with E-state index in [0.717, 1.165) is 50.7 Å². The van der Waals surface area contributed by atoms with E-state index in [0.29, 0.717) is 17.4 Å². The second kappa shape index (κ2) is 10.1. The summed E-state index contributed by atoms with van der Waals surface area (Å²) < 4.78 is 36.0. The zero-order chi connectivity index (χ0) is 30.0. The molecule has 2 fully saturated rings. The number of ether oxygens (including phenoxy) is 1. The van der Waals surface area contributed by atoms with Gasteiger partial charge in [-0.25, -0.2) is 18.4 Å². The fraction of sp³-hybridized carbons (Fsp3) is 0.576. The minimum absolute atomic E-state index is 0.0237. The van der Waals surface area contributed by atoms with Crippen molar-refractivity contribution in [3.05, 3.63) is 71.2 Å². The number of sulfonamides is 1. The van der Waals surface area contributed by atoms with Gasteiger partial charge in [-0.3, -0.25) is 0 Å². The highest BCUT2D eigenvalue weighted by molar-refractivity contribution is 7.89. The number of rotatable bonds is 6. The number of fused-ring (bicyclic) bond motifs is 4. The van der Waals surface area contributed by atoms with Crippen molar-refractivity contribution in [3.8, 4) is 0 Å². The Morgan fingerprint density at radius 3 is 2.44 bits per heavy atom. The minimum Gasteiger partial charge on any atom is -0.541 e. The summed E-state index contributed by atoms with van der Waals surface area (Å²) in [5, 5.41) is 5.35. The van der Waals surface area contributed by atoms with E-state index in [2.05, 4.69) is 65.3 Å². The van der Waals surface area contributed by atoms with Gasteiger partial charge >= 0.3 is 5.97 Å². The summed E-state index contributed by atoms with van der Waals surface area (Å²) in [6.07, 6.45) is 11.0. The lowest BCUT2D eigenvalue weighted by atomic mass is 9.47. The summed E-state index contributed by atoms with van der Waals surface area (Å²) >= 11 is 0. The second-order valence-corrected chi connectivity index (χ2v) is 20.6. The third-order valence-electron chi connectivity index (χ3n) is 11.2. The smallest absolute Gasteiger partial charge is 0.338 e. The van der Waals surface area contributed by atoms with Crippen molar-refractivity contribution in [1.29, 1.82) is 0 Å².